The Morgan fingerprint density at radius 1 is 1.25 bits per heavy atom. The third-order valence-corrected chi connectivity index (χ3v) is 4.28. The number of imidazole rings is 1. The zero-order valence-electron chi connectivity index (χ0n) is 12.0. The molecule has 4 heteroatoms. The molecule has 0 aliphatic heterocycles. The lowest BCUT2D eigenvalue weighted by molar-refractivity contribution is 0.212. The Kier molecular flexibility index (Phi) is 3.38. The van der Waals surface area contributed by atoms with E-state index in [2.05, 4.69) is 24.1 Å². The van der Waals surface area contributed by atoms with Crippen LogP contribution < -0.4 is 11.0 Å². The molecule has 1 aliphatic carbocycles. The maximum absolute atomic E-state index is 11.5. The minimum absolute atomic E-state index is 0.107. The zero-order valence-corrected chi connectivity index (χ0v) is 12.0. The fourth-order valence-electron chi connectivity index (χ4n) is 2.80. The van der Waals surface area contributed by atoms with Gasteiger partial charge < -0.3 is 10.3 Å². The summed E-state index contributed by atoms with van der Waals surface area (Å²) in [7, 11) is 0. The van der Waals surface area contributed by atoms with Crippen LogP contribution in [0.1, 0.15) is 26.7 Å². The summed E-state index contributed by atoms with van der Waals surface area (Å²) in [5.74, 6) is 1.65. The van der Waals surface area contributed by atoms with E-state index in [4.69, 9.17) is 0 Å². The van der Waals surface area contributed by atoms with Crippen molar-refractivity contribution in [3.63, 3.8) is 0 Å². The summed E-state index contributed by atoms with van der Waals surface area (Å²) in [6, 6.07) is 8.62. The maximum Gasteiger partial charge on any atom is 0.330 e. The van der Waals surface area contributed by atoms with Gasteiger partial charge in [0.25, 0.3) is 0 Å². The molecule has 1 aliphatic rings. The normalized spacial score (nSPS) is 21.8. The van der Waals surface area contributed by atoms with Gasteiger partial charge in [-0.15, -0.1) is 0 Å². The molecule has 0 atom stereocenters. The van der Waals surface area contributed by atoms with Gasteiger partial charge in [-0.3, -0.25) is 4.57 Å². The Morgan fingerprint density at radius 2 is 1.95 bits per heavy atom. The van der Waals surface area contributed by atoms with Crippen LogP contribution in [0, 0.1) is 11.8 Å². The van der Waals surface area contributed by atoms with Gasteiger partial charge in [-0.2, -0.15) is 0 Å². The minimum Gasteiger partial charge on any atom is -0.382 e. The summed E-state index contributed by atoms with van der Waals surface area (Å²) < 4.78 is 1.60. The van der Waals surface area contributed by atoms with Crippen LogP contribution in [0.2, 0.25) is 0 Å². The molecular formula is C16H21N3O. The number of hydrogen-bond donors (Lipinski definition) is 2. The monoisotopic (exact) mass is 271 g/mol. The number of nitrogens with one attached hydrogen (secondary N) is 2. The Balaban J connectivity index is 1.63. The van der Waals surface area contributed by atoms with E-state index in [1.165, 1.54) is 12.8 Å². The molecule has 2 N–H and O–H groups in total. The average Bonchev–Trinajstić information content (AvgIpc) is 2.80. The second kappa shape index (κ2) is 5.19. The third kappa shape index (κ3) is 2.50. The van der Waals surface area contributed by atoms with Crippen LogP contribution in [0.15, 0.2) is 41.5 Å². The molecule has 1 saturated carbocycles. The first-order valence-electron chi connectivity index (χ1n) is 7.26. The smallest absolute Gasteiger partial charge is 0.330 e. The highest BCUT2D eigenvalue weighted by Crippen LogP contribution is 2.35. The van der Waals surface area contributed by atoms with Crippen LogP contribution in [0.25, 0.3) is 5.69 Å². The molecule has 4 nitrogen and oxygen atoms in total. The molecule has 2 aromatic rings. The molecule has 3 rings (SSSR count). The van der Waals surface area contributed by atoms with Crippen molar-refractivity contribution in [1.82, 2.24) is 9.55 Å². The number of H-pyrrole nitrogens is 1. The van der Waals surface area contributed by atoms with Crippen molar-refractivity contribution in [2.75, 3.05) is 5.32 Å². The molecule has 20 heavy (non-hydrogen) atoms. The SMILES string of the molecule is CC(C)C1CC(Nc2ccc(-n3cc[nH]c3=O)cc2)C1. The average molecular weight is 271 g/mol. The molecule has 0 bridgehead atoms. The second-order valence-electron chi connectivity index (χ2n) is 6.00. The van der Waals surface area contributed by atoms with Gasteiger partial charge in [0.05, 0.1) is 5.69 Å². The highest BCUT2D eigenvalue weighted by Gasteiger charge is 2.30. The summed E-state index contributed by atoms with van der Waals surface area (Å²) in [4.78, 5) is 14.2. The maximum atomic E-state index is 11.5. The van der Waals surface area contributed by atoms with Gasteiger partial charge in [-0.1, -0.05) is 13.8 Å². The topological polar surface area (TPSA) is 49.8 Å². The van der Waals surface area contributed by atoms with Gasteiger partial charge in [0.15, 0.2) is 0 Å². The Labute approximate surface area is 118 Å². The molecule has 0 amide bonds. The Bertz CT molecular complexity index is 618. The summed E-state index contributed by atoms with van der Waals surface area (Å²) in [6.07, 6.45) is 5.91. The first kappa shape index (κ1) is 13.0. The second-order valence-corrected chi connectivity index (χ2v) is 6.00. The van der Waals surface area contributed by atoms with Crippen LogP contribution in [-0.2, 0) is 0 Å². The largest absolute Gasteiger partial charge is 0.382 e. The molecule has 0 radical (unpaired) electrons. The molecule has 1 fully saturated rings. The lowest BCUT2D eigenvalue weighted by atomic mass is 9.73. The van der Waals surface area contributed by atoms with Crippen LogP contribution in [-0.4, -0.2) is 15.6 Å². The quantitative estimate of drug-likeness (QED) is 0.898. The molecule has 0 unspecified atom stereocenters. The van der Waals surface area contributed by atoms with E-state index in [1.54, 1.807) is 17.0 Å². The fraction of sp³-hybridized carbons (Fsp3) is 0.438. The van der Waals surface area contributed by atoms with Crippen LogP contribution in [0.4, 0.5) is 5.69 Å². The summed E-state index contributed by atoms with van der Waals surface area (Å²) in [6.45, 7) is 4.59. The van der Waals surface area contributed by atoms with Gasteiger partial charge in [-0.05, 0) is 48.9 Å². The van der Waals surface area contributed by atoms with Crippen molar-refractivity contribution in [2.45, 2.75) is 32.7 Å². The van der Waals surface area contributed by atoms with Crippen molar-refractivity contribution in [3.05, 3.63) is 47.1 Å². The molecule has 106 valence electrons. The van der Waals surface area contributed by atoms with E-state index in [0.29, 0.717) is 6.04 Å². The van der Waals surface area contributed by atoms with E-state index < -0.39 is 0 Å². The van der Waals surface area contributed by atoms with Gasteiger partial charge in [0.1, 0.15) is 0 Å². The number of aromatic amines is 1. The highest BCUT2D eigenvalue weighted by atomic mass is 16.1. The molecule has 0 spiro atoms. The van der Waals surface area contributed by atoms with Crippen LogP contribution in [0.5, 0.6) is 0 Å². The Morgan fingerprint density at radius 3 is 2.50 bits per heavy atom. The zero-order chi connectivity index (χ0) is 14.1. The van der Waals surface area contributed by atoms with Crippen molar-refractivity contribution in [2.24, 2.45) is 11.8 Å². The molecular weight excluding hydrogens is 250 g/mol. The number of hydrogen-bond acceptors (Lipinski definition) is 2. The summed E-state index contributed by atoms with van der Waals surface area (Å²) in [5, 5.41) is 3.56. The predicted molar refractivity (Wildman–Crippen MR) is 81.4 cm³/mol. The van der Waals surface area contributed by atoms with Crippen LogP contribution in [0.3, 0.4) is 0 Å². The van der Waals surface area contributed by atoms with Crippen molar-refractivity contribution < 1.29 is 0 Å². The number of aromatic nitrogens is 2. The van der Waals surface area contributed by atoms with Gasteiger partial charge in [0, 0.05) is 24.1 Å². The standard InChI is InChI=1S/C16H21N3O/c1-11(2)12-9-14(10-12)18-13-3-5-15(6-4-13)19-8-7-17-16(19)20/h3-8,11-12,14,18H,9-10H2,1-2H3,(H,17,20). The van der Waals surface area contributed by atoms with E-state index in [-0.39, 0.29) is 5.69 Å². The number of anilines is 1. The lowest BCUT2D eigenvalue weighted by Crippen LogP contribution is -2.37. The van der Waals surface area contributed by atoms with E-state index in [1.807, 2.05) is 24.3 Å². The highest BCUT2D eigenvalue weighted by molar-refractivity contribution is 5.49. The third-order valence-electron chi connectivity index (χ3n) is 4.28. The molecule has 0 saturated heterocycles. The van der Waals surface area contributed by atoms with E-state index >= 15 is 0 Å². The molecule has 1 aromatic heterocycles. The lowest BCUT2D eigenvalue weighted by Gasteiger charge is -2.39. The summed E-state index contributed by atoms with van der Waals surface area (Å²) >= 11 is 0. The first-order valence-corrected chi connectivity index (χ1v) is 7.26. The van der Waals surface area contributed by atoms with Crippen molar-refractivity contribution in [1.29, 1.82) is 0 Å². The Hall–Kier alpha value is -1.97. The van der Waals surface area contributed by atoms with Crippen molar-refractivity contribution in [3.8, 4) is 5.69 Å². The molecule has 1 heterocycles. The number of nitrogens with zero attached hydrogens (tertiary/aromatic N) is 1. The van der Waals surface area contributed by atoms with Gasteiger partial charge >= 0.3 is 5.69 Å². The number of benzene rings is 1. The van der Waals surface area contributed by atoms with Gasteiger partial charge in [-0.25, -0.2) is 4.79 Å². The fourth-order valence-corrected chi connectivity index (χ4v) is 2.80. The number of rotatable bonds is 4. The van der Waals surface area contributed by atoms with Gasteiger partial charge in [0.2, 0.25) is 0 Å². The van der Waals surface area contributed by atoms with Crippen molar-refractivity contribution >= 4 is 5.69 Å². The van der Waals surface area contributed by atoms with Crippen LogP contribution >= 0.6 is 0 Å². The molecule has 1 aromatic carbocycles. The van der Waals surface area contributed by atoms with E-state index in [9.17, 15) is 4.79 Å². The van der Waals surface area contributed by atoms with E-state index in [0.717, 1.165) is 23.2 Å². The predicted octanol–water partition coefficient (Wildman–Crippen LogP) is 3.01. The minimum atomic E-state index is -0.107. The summed E-state index contributed by atoms with van der Waals surface area (Å²) in [5.41, 5.74) is 1.91. The first-order chi connectivity index (χ1) is 9.63.